The van der Waals surface area contributed by atoms with E-state index in [1.807, 2.05) is 0 Å². The summed E-state index contributed by atoms with van der Waals surface area (Å²) in [5.41, 5.74) is 0.244. The van der Waals surface area contributed by atoms with Crippen LogP contribution in [0.4, 0.5) is 0 Å². The first-order valence-electron chi connectivity index (χ1n) is 6.48. The summed E-state index contributed by atoms with van der Waals surface area (Å²) in [5, 5.41) is 0.0734. The molecule has 0 heterocycles. The van der Waals surface area contributed by atoms with Crippen LogP contribution in [0.5, 0.6) is 0 Å². The zero-order valence-corrected chi connectivity index (χ0v) is 14.2. The summed E-state index contributed by atoms with van der Waals surface area (Å²) in [6.45, 7) is 7.88. The molecule has 1 aromatic carbocycles. The molecule has 0 saturated heterocycles. The van der Waals surface area contributed by atoms with Crippen LogP contribution in [0.25, 0.3) is 0 Å². The Kier molecular flexibility index (Phi) is 6.34. The van der Waals surface area contributed by atoms with Gasteiger partial charge in [-0.15, -0.1) is 13.2 Å². The van der Waals surface area contributed by atoms with E-state index in [1.165, 1.54) is 37.2 Å². The number of sulfonamides is 1. The van der Waals surface area contributed by atoms with Crippen LogP contribution in [0.15, 0.2) is 48.4 Å². The molecule has 0 unspecified atom stereocenters. The summed E-state index contributed by atoms with van der Waals surface area (Å²) in [4.78, 5) is 13.9. The second-order valence-corrected chi connectivity index (χ2v) is 7.25. The van der Waals surface area contributed by atoms with E-state index >= 15 is 0 Å². The molecule has 22 heavy (non-hydrogen) atoms. The first-order chi connectivity index (χ1) is 10.3. The van der Waals surface area contributed by atoms with Crippen LogP contribution in [0.3, 0.4) is 0 Å². The molecule has 0 aliphatic heterocycles. The number of halogens is 1. The highest BCUT2D eigenvalue weighted by molar-refractivity contribution is 7.89. The van der Waals surface area contributed by atoms with Gasteiger partial charge in [-0.05, 0) is 18.2 Å². The Morgan fingerprint density at radius 3 is 2.23 bits per heavy atom. The summed E-state index contributed by atoms with van der Waals surface area (Å²) in [7, 11) is -0.914. The Balaban J connectivity index is 3.31. The van der Waals surface area contributed by atoms with Gasteiger partial charge in [0.25, 0.3) is 5.91 Å². The van der Waals surface area contributed by atoms with Crippen LogP contribution in [-0.4, -0.2) is 50.7 Å². The van der Waals surface area contributed by atoms with Crippen molar-refractivity contribution in [2.45, 2.75) is 4.90 Å². The number of hydrogen-bond donors (Lipinski definition) is 0. The average Bonchev–Trinajstić information content (AvgIpc) is 2.46. The first-order valence-corrected chi connectivity index (χ1v) is 8.30. The van der Waals surface area contributed by atoms with E-state index in [2.05, 4.69) is 13.2 Å². The average molecular weight is 343 g/mol. The van der Waals surface area contributed by atoms with Crippen molar-refractivity contribution in [1.29, 1.82) is 0 Å². The molecule has 1 rings (SSSR count). The lowest BCUT2D eigenvalue weighted by atomic mass is 10.2. The molecule has 7 heteroatoms. The maximum Gasteiger partial charge on any atom is 0.254 e. The van der Waals surface area contributed by atoms with Gasteiger partial charge in [0.05, 0.1) is 5.02 Å². The Morgan fingerprint density at radius 1 is 1.23 bits per heavy atom. The molecule has 5 nitrogen and oxygen atoms in total. The number of nitrogens with zero attached hydrogens (tertiary/aromatic N) is 2. The van der Waals surface area contributed by atoms with Crippen LogP contribution < -0.4 is 0 Å². The molecule has 0 aromatic heterocycles. The second-order valence-electron chi connectivity index (χ2n) is 4.72. The molecule has 0 fully saturated rings. The molecule has 0 radical (unpaired) electrons. The van der Waals surface area contributed by atoms with Crippen molar-refractivity contribution in [3.05, 3.63) is 54.1 Å². The van der Waals surface area contributed by atoms with E-state index in [1.54, 1.807) is 12.2 Å². The first kappa shape index (κ1) is 18.4. The quantitative estimate of drug-likeness (QED) is 0.715. The molecule has 0 N–H and O–H groups in total. The van der Waals surface area contributed by atoms with Gasteiger partial charge in [0.15, 0.2) is 0 Å². The van der Waals surface area contributed by atoms with Crippen molar-refractivity contribution >= 4 is 27.5 Å². The largest absolute Gasteiger partial charge is 0.331 e. The summed E-state index contributed by atoms with van der Waals surface area (Å²) in [5.74, 6) is -0.313. The second kappa shape index (κ2) is 7.58. The topological polar surface area (TPSA) is 57.7 Å². The summed E-state index contributed by atoms with van der Waals surface area (Å²) >= 11 is 5.97. The number of carbonyl (C=O) groups excluding carboxylic acids is 1. The molecule has 0 bridgehead atoms. The zero-order chi connectivity index (χ0) is 16.9. The fraction of sp³-hybridized carbons (Fsp3) is 0.267. The van der Waals surface area contributed by atoms with E-state index in [9.17, 15) is 13.2 Å². The van der Waals surface area contributed by atoms with E-state index in [0.717, 1.165) is 4.31 Å². The van der Waals surface area contributed by atoms with Crippen molar-refractivity contribution in [3.63, 3.8) is 0 Å². The number of carbonyl (C=O) groups is 1. The van der Waals surface area contributed by atoms with Crippen LogP contribution in [-0.2, 0) is 10.0 Å². The van der Waals surface area contributed by atoms with Gasteiger partial charge in [-0.1, -0.05) is 23.8 Å². The van der Waals surface area contributed by atoms with Crippen molar-refractivity contribution in [2.75, 3.05) is 27.2 Å². The predicted molar refractivity (Wildman–Crippen MR) is 88.6 cm³/mol. The molecule has 120 valence electrons. The lowest BCUT2D eigenvalue weighted by molar-refractivity contribution is 0.0790. The van der Waals surface area contributed by atoms with Gasteiger partial charge in [-0.2, -0.15) is 0 Å². The minimum Gasteiger partial charge on any atom is -0.331 e. The Bertz CT molecular complexity index is 674. The number of amides is 1. The Labute approximate surface area is 136 Å². The number of benzene rings is 1. The molecule has 1 aromatic rings. The van der Waals surface area contributed by atoms with Crippen molar-refractivity contribution < 1.29 is 13.2 Å². The van der Waals surface area contributed by atoms with Gasteiger partial charge in [-0.25, -0.2) is 12.7 Å². The van der Waals surface area contributed by atoms with Gasteiger partial charge in [-0.3, -0.25) is 4.79 Å². The Hall–Kier alpha value is -1.63. The van der Waals surface area contributed by atoms with E-state index in [-0.39, 0.29) is 21.4 Å². The summed E-state index contributed by atoms with van der Waals surface area (Å²) < 4.78 is 25.5. The molecule has 0 saturated carbocycles. The van der Waals surface area contributed by atoms with E-state index in [4.69, 9.17) is 11.6 Å². The van der Waals surface area contributed by atoms with Crippen molar-refractivity contribution in [1.82, 2.24) is 9.21 Å². The van der Waals surface area contributed by atoms with Crippen LogP contribution in [0, 0.1) is 0 Å². The molecular weight excluding hydrogens is 324 g/mol. The van der Waals surface area contributed by atoms with Gasteiger partial charge in [0, 0.05) is 32.7 Å². The Morgan fingerprint density at radius 2 is 1.77 bits per heavy atom. The molecule has 0 aliphatic carbocycles. The summed E-state index contributed by atoms with van der Waals surface area (Å²) in [6, 6.07) is 4.20. The predicted octanol–water partition coefficient (Wildman–Crippen LogP) is 2.40. The molecule has 0 atom stereocenters. The third kappa shape index (κ3) is 3.97. The van der Waals surface area contributed by atoms with Gasteiger partial charge in [0.1, 0.15) is 4.90 Å². The standard InChI is InChI=1S/C15H19ClN2O3S/c1-5-9-18(10-6-2)15(19)12-7-8-13(16)14(11-12)22(20,21)17(3)4/h5-8,11H,1-2,9-10H2,3-4H3. The third-order valence-corrected chi connectivity index (χ3v) is 5.22. The van der Waals surface area contributed by atoms with Crippen LogP contribution in [0.1, 0.15) is 10.4 Å². The molecule has 1 amide bonds. The van der Waals surface area contributed by atoms with Crippen molar-refractivity contribution in [2.24, 2.45) is 0 Å². The molecular formula is C15H19ClN2O3S. The molecule has 0 spiro atoms. The minimum atomic E-state index is -3.72. The fourth-order valence-electron chi connectivity index (χ4n) is 1.77. The maximum absolute atomic E-state index is 12.5. The number of hydrogen-bond acceptors (Lipinski definition) is 3. The zero-order valence-electron chi connectivity index (χ0n) is 12.6. The monoisotopic (exact) mass is 342 g/mol. The lowest BCUT2D eigenvalue weighted by Gasteiger charge is -2.20. The SMILES string of the molecule is C=CCN(CC=C)C(=O)c1ccc(Cl)c(S(=O)(=O)N(C)C)c1. The third-order valence-electron chi connectivity index (χ3n) is 2.92. The van der Waals surface area contributed by atoms with Gasteiger partial charge in [0.2, 0.25) is 10.0 Å². The van der Waals surface area contributed by atoms with Crippen LogP contribution >= 0.6 is 11.6 Å². The molecule has 0 aliphatic rings. The van der Waals surface area contributed by atoms with E-state index in [0.29, 0.717) is 13.1 Å². The van der Waals surface area contributed by atoms with Gasteiger partial charge >= 0.3 is 0 Å². The van der Waals surface area contributed by atoms with E-state index < -0.39 is 10.0 Å². The highest BCUT2D eigenvalue weighted by Crippen LogP contribution is 2.25. The normalized spacial score (nSPS) is 11.3. The smallest absolute Gasteiger partial charge is 0.254 e. The highest BCUT2D eigenvalue weighted by atomic mass is 35.5. The number of rotatable bonds is 7. The maximum atomic E-state index is 12.5. The lowest BCUT2D eigenvalue weighted by Crippen LogP contribution is -2.31. The highest BCUT2D eigenvalue weighted by Gasteiger charge is 2.23. The van der Waals surface area contributed by atoms with Crippen LogP contribution in [0.2, 0.25) is 5.02 Å². The van der Waals surface area contributed by atoms with Crippen molar-refractivity contribution in [3.8, 4) is 0 Å². The fourth-order valence-corrected chi connectivity index (χ4v) is 3.16. The summed E-state index contributed by atoms with van der Waals surface area (Å²) in [6.07, 6.45) is 3.18. The minimum absolute atomic E-state index is 0.0734. The van der Waals surface area contributed by atoms with Gasteiger partial charge < -0.3 is 4.90 Å².